The third kappa shape index (κ3) is 2.77. The Morgan fingerprint density at radius 3 is 2.58 bits per heavy atom. The smallest absolute Gasteiger partial charge is 0.335 e. The van der Waals surface area contributed by atoms with Gasteiger partial charge in [-0.1, -0.05) is 11.6 Å². The van der Waals surface area contributed by atoms with E-state index in [2.05, 4.69) is 5.32 Å². The topological polar surface area (TPSA) is 79.5 Å². The molecule has 0 fully saturated rings. The molecule has 2 aromatic rings. The van der Waals surface area contributed by atoms with Crippen LogP contribution in [-0.4, -0.2) is 17.0 Å². The second kappa shape index (κ2) is 5.16. The number of nitrogens with one attached hydrogen (secondary N) is 1. The molecule has 1 heterocycles. The number of aromatic carboxylic acids is 1. The van der Waals surface area contributed by atoms with Gasteiger partial charge in [0.2, 0.25) is 0 Å². The lowest BCUT2D eigenvalue weighted by atomic mass is 10.2. The Bertz CT molecular complexity index is 648. The first kappa shape index (κ1) is 13.2. The third-order valence-electron chi connectivity index (χ3n) is 2.57. The van der Waals surface area contributed by atoms with E-state index in [0.717, 1.165) is 0 Å². The monoisotopic (exact) mass is 279 g/mol. The van der Waals surface area contributed by atoms with E-state index >= 15 is 0 Å². The van der Waals surface area contributed by atoms with Gasteiger partial charge in [-0.25, -0.2) is 4.79 Å². The van der Waals surface area contributed by atoms with Gasteiger partial charge >= 0.3 is 5.97 Å². The van der Waals surface area contributed by atoms with E-state index < -0.39 is 5.97 Å². The molecule has 98 valence electrons. The highest BCUT2D eigenvalue weighted by atomic mass is 35.5. The van der Waals surface area contributed by atoms with Crippen molar-refractivity contribution in [1.82, 2.24) is 0 Å². The zero-order valence-corrected chi connectivity index (χ0v) is 10.7. The minimum absolute atomic E-state index is 0.0579. The molecule has 2 N–H and O–H groups in total. The van der Waals surface area contributed by atoms with Crippen LogP contribution in [0.25, 0.3) is 0 Å². The summed E-state index contributed by atoms with van der Waals surface area (Å²) in [6.45, 7) is 1.67. The molecule has 1 amide bonds. The number of carboxylic acids is 1. The Morgan fingerprint density at radius 2 is 2.05 bits per heavy atom. The standard InChI is InChI=1S/C13H10ClNO4/c1-7-9(4-5-19-7)12(16)15-11-3-2-8(13(17)18)6-10(11)14/h2-6H,1H3,(H,15,16)(H,17,18). The van der Waals surface area contributed by atoms with E-state index in [4.69, 9.17) is 21.1 Å². The number of hydrogen-bond acceptors (Lipinski definition) is 3. The van der Waals surface area contributed by atoms with Crippen molar-refractivity contribution in [2.75, 3.05) is 5.32 Å². The van der Waals surface area contributed by atoms with Crippen molar-refractivity contribution in [1.29, 1.82) is 0 Å². The van der Waals surface area contributed by atoms with Crippen molar-refractivity contribution in [2.24, 2.45) is 0 Å². The highest BCUT2D eigenvalue weighted by molar-refractivity contribution is 6.34. The Kier molecular flexibility index (Phi) is 3.57. The number of carboxylic acid groups (broad SMARTS) is 1. The number of furan rings is 1. The summed E-state index contributed by atoms with van der Waals surface area (Å²) in [6, 6.07) is 5.64. The van der Waals surface area contributed by atoms with Gasteiger partial charge in [0.15, 0.2) is 0 Å². The molecule has 5 nitrogen and oxygen atoms in total. The molecule has 0 aliphatic carbocycles. The maximum absolute atomic E-state index is 11.9. The molecule has 1 aromatic heterocycles. The summed E-state index contributed by atoms with van der Waals surface area (Å²) in [6.07, 6.45) is 1.42. The van der Waals surface area contributed by atoms with Crippen molar-refractivity contribution < 1.29 is 19.1 Å². The minimum Gasteiger partial charge on any atom is -0.478 e. The zero-order valence-electron chi connectivity index (χ0n) is 9.94. The summed E-state index contributed by atoms with van der Waals surface area (Å²) in [4.78, 5) is 22.7. The number of hydrogen-bond donors (Lipinski definition) is 2. The van der Waals surface area contributed by atoms with Crippen LogP contribution in [0.1, 0.15) is 26.5 Å². The number of halogens is 1. The van der Waals surface area contributed by atoms with Gasteiger partial charge in [0.25, 0.3) is 5.91 Å². The van der Waals surface area contributed by atoms with E-state index in [1.165, 1.54) is 24.5 Å². The van der Waals surface area contributed by atoms with Gasteiger partial charge in [0.1, 0.15) is 5.76 Å². The van der Waals surface area contributed by atoms with Crippen molar-refractivity contribution in [2.45, 2.75) is 6.92 Å². The van der Waals surface area contributed by atoms with Gasteiger partial charge in [-0.2, -0.15) is 0 Å². The summed E-state index contributed by atoms with van der Waals surface area (Å²) in [7, 11) is 0. The lowest BCUT2D eigenvalue weighted by molar-refractivity contribution is 0.0696. The van der Waals surface area contributed by atoms with Crippen LogP contribution in [-0.2, 0) is 0 Å². The number of benzene rings is 1. The molecule has 0 radical (unpaired) electrons. The summed E-state index contributed by atoms with van der Waals surface area (Å²) >= 11 is 5.92. The molecular formula is C13H10ClNO4. The highest BCUT2D eigenvalue weighted by Gasteiger charge is 2.14. The van der Waals surface area contributed by atoms with Crippen LogP contribution in [0.3, 0.4) is 0 Å². The summed E-state index contributed by atoms with van der Waals surface area (Å²) < 4.78 is 5.03. The first-order chi connectivity index (χ1) is 8.99. The summed E-state index contributed by atoms with van der Waals surface area (Å²) in [5.74, 6) is -0.947. The Morgan fingerprint density at radius 1 is 1.32 bits per heavy atom. The van der Waals surface area contributed by atoms with E-state index in [0.29, 0.717) is 17.0 Å². The van der Waals surface area contributed by atoms with Crippen LogP contribution in [0.4, 0.5) is 5.69 Å². The fraction of sp³-hybridized carbons (Fsp3) is 0.0769. The molecule has 0 atom stereocenters. The molecule has 0 saturated carbocycles. The van der Waals surface area contributed by atoms with Crippen LogP contribution in [0, 0.1) is 6.92 Å². The number of carbonyl (C=O) groups is 2. The second-order valence-electron chi connectivity index (χ2n) is 3.84. The molecule has 0 spiro atoms. The molecule has 0 unspecified atom stereocenters. The first-order valence-corrected chi connectivity index (χ1v) is 5.75. The average Bonchev–Trinajstić information content (AvgIpc) is 2.77. The number of anilines is 1. The third-order valence-corrected chi connectivity index (χ3v) is 2.88. The van der Waals surface area contributed by atoms with E-state index in [-0.39, 0.29) is 16.5 Å². The first-order valence-electron chi connectivity index (χ1n) is 5.37. The molecule has 19 heavy (non-hydrogen) atoms. The van der Waals surface area contributed by atoms with Gasteiger partial charge in [-0.05, 0) is 31.2 Å². The predicted molar refractivity (Wildman–Crippen MR) is 69.8 cm³/mol. The van der Waals surface area contributed by atoms with Gasteiger partial charge in [0, 0.05) is 0 Å². The highest BCUT2D eigenvalue weighted by Crippen LogP contribution is 2.24. The maximum Gasteiger partial charge on any atom is 0.335 e. The lowest BCUT2D eigenvalue weighted by Crippen LogP contribution is -2.12. The van der Waals surface area contributed by atoms with Gasteiger partial charge in [0.05, 0.1) is 28.1 Å². The molecule has 6 heteroatoms. The van der Waals surface area contributed by atoms with E-state index in [1.807, 2.05) is 0 Å². The Labute approximate surface area is 113 Å². The largest absolute Gasteiger partial charge is 0.478 e. The van der Waals surface area contributed by atoms with Crippen LogP contribution in [0.15, 0.2) is 34.9 Å². The molecule has 1 aromatic carbocycles. The molecule has 0 aliphatic heterocycles. The Balaban J connectivity index is 2.23. The fourth-order valence-electron chi connectivity index (χ4n) is 1.56. The van der Waals surface area contributed by atoms with E-state index in [1.54, 1.807) is 13.0 Å². The lowest BCUT2D eigenvalue weighted by Gasteiger charge is -2.07. The molecule has 0 bridgehead atoms. The van der Waals surface area contributed by atoms with Crippen molar-refractivity contribution in [3.63, 3.8) is 0 Å². The van der Waals surface area contributed by atoms with Crippen molar-refractivity contribution in [3.05, 3.63) is 52.4 Å². The summed E-state index contributed by atoms with van der Waals surface area (Å²) in [5, 5.41) is 11.6. The van der Waals surface area contributed by atoms with Crippen molar-refractivity contribution >= 4 is 29.2 Å². The minimum atomic E-state index is -1.08. The molecular weight excluding hydrogens is 270 g/mol. The Hall–Kier alpha value is -2.27. The molecule has 2 rings (SSSR count). The zero-order chi connectivity index (χ0) is 14.0. The average molecular weight is 280 g/mol. The quantitative estimate of drug-likeness (QED) is 0.904. The van der Waals surface area contributed by atoms with Gasteiger partial charge in [-0.15, -0.1) is 0 Å². The number of amides is 1. The van der Waals surface area contributed by atoms with Crippen LogP contribution in [0.5, 0.6) is 0 Å². The maximum atomic E-state index is 11.9. The van der Waals surface area contributed by atoms with Crippen LogP contribution >= 0.6 is 11.6 Å². The second-order valence-corrected chi connectivity index (χ2v) is 4.25. The number of aryl methyl sites for hydroxylation is 1. The van der Waals surface area contributed by atoms with E-state index in [9.17, 15) is 9.59 Å². The molecule has 0 saturated heterocycles. The van der Waals surface area contributed by atoms with Gasteiger partial charge < -0.3 is 14.8 Å². The fourth-order valence-corrected chi connectivity index (χ4v) is 1.79. The normalized spacial score (nSPS) is 10.2. The van der Waals surface area contributed by atoms with Crippen LogP contribution in [0.2, 0.25) is 5.02 Å². The number of rotatable bonds is 3. The SMILES string of the molecule is Cc1occc1C(=O)Nc1ccc(C(=O)O)cc1Cl. The van der Waals surface area contributed by atoms with Crippen LogP contribution < -0.4 is 5.32 Å². The van der Waals surface area contributed by atoms with Gasteiger partial charge in [-0.3, -0.25) is 4.79 Å². The molecule has 0 aliphatic rings. The summed E-state index contributed by atoms with van der Waals surface area (Å²) in [5.41, 5.74) is 0.804. The predicted octanol–water partition coefficient (Wildman–Crippen LogP) is 3.19. The number of carbonyl (C=O) groups excluding carboxylic acids is 1. The van der Waals surface area contributed by atoms with Crippen molar-refractivity contribution in [3.8, 4) is 0 Å².